The second-order valence-corrected chi connectivity index (χ2v) is 11.9. The second kappa shape index (κ2) is 14.3. The van der Waals surface area contributed by atoms with E-state index in [9.17, 15) is 24.3 Å². The van der Waals surface area contributed by atoms with E-state index >= 15 is 0 Å². The van der Waals surface area contributed by atoms with Crippen molar-refractivity contribution in [2.24, 2.45) is 0 Å². The summed E-state index contributed by atoms with van der Waals surface area (Å²) in [5, 5.41) is 17.1. The van der Waals surface area contributed by atoms with Gasteiger partial charge in [0, 0.05) is 39.7 Å². The quantitative estimate of drug-likeness (QED) is 0.439. The first-order valence-corrected chi connectivity index (χ1v) is 14.9. The molecule has 3 N–H and O–H groups in total. The van der Waals surface area contributed by atoms with Crippen LogP contribution in [0, 0.1) is 0 Å². The standard InChI is InChI=1S/C31H45N5O6/c1-20(2)12-15-35-18-26-28(38)23(13-16-42-26)32-30(40)24(17-22-9-6-5-7-10-22)33-29(39)21(3)34(4)31(41)25-11-8-14-36(25)27(37)19-35/h5-7,9-10,12,21,23-26,28,38H,8,11,13-19H2,1-4H3,(H,32,40)(H,33,39)/t21-,23-,24-,25-,26+,28-/m0/s1. The number of aliphatic hydroxyl groups excluding tert-OH is 1. The monoisotopic (exact) mass is 583 g/mol. The molecule has 0 aliphatic carbocycles. The molecule has 3 saturated heterocycles. The fourth-order valence-electron chi connectivity index (χ4n) is 5.80. The van der Waals surface area contributed by atoms with E-state index in [2.05, 4.69) is 10.6 Å². The van der Waals surface area contributed by atoms with Gasteiger partial charge in [-0.2, -0.15) is 0 Å². The average Bonchev–Trinajstić information content (AvgIpc) is 3.46. The number of allylic oxidation sites excluding steroid dienone is 1. The van der Waals surface area contributed by atoms with Crippen molar-refractivity contribution < 1.29 is 29.0 Å². The average molecular weight is 584 g/mol. The molecule has 6 atom stereocenters. The molecule has 0 saturated carbocycles. The molecule has 0 unspecified atom stereocenters. The number of likely N-dealkylation sites (N-methyl/N-ethyl adjacent to an activating group) is 1. The summed E-state index contributed by atoms with van der Waals surface area (Å²) in [4.78, 5) is 59.1. The van der Waals surface area contributed by atoms with Crippen molar-refractivity contribution >= 4 is 23.6 Å². The Hall–Kier alpha value is -3.28. The zero-order chi connectivity index (χ0) is 30.4. The number of carbonyl (C=O) groups is 4. The zero-order valence-electron chi connectivity index (χ0n) is 25.1. The predicted octanol–water partition coefficient (Wildman–Crippen LogP) is 0.468. The number of rotatable bonds is 4. The van der Waals surface area contributed by atoms with Gasteiger partial charge in [-0.25, -0.2) is 0 Å². The van der Waals surface area contributed by atoms with Crippen LogP contribution in [0.15, 0.2) is 42.0 Å². The molecule has 11 heteroatoms. The van der Waals surface area contributed by atoms with E-state index in [4.69, 9.17) is 4.74 Å². The maximum atomic E-state index is 13.6. The Morgan fingerprint density at radius 1 is 1.07 bits per heavy atom. The molecule has 1 aromatic rings. The number of benzene rings is 1. The van der Waals surface area contributed by atoms with Gasteiger partial charge in [-0.1, -0.05) is 42.0 Å². The van der Waals surface area contributed by atoms with Crippen molar-refractivity contribution in [2.45, 2.75) is 82.8 Å². The van der Waals surface area contributed by atoms with Crippen molar-refractivity contribution in [3.05, 3.63) is 47.5 Å². The first kappa shape index (κ1) is 31.7. The summed E-state index contributed by atoms with van der Waals surface area (Å²) in [7, 11) is 1.56. The van der Waals surface area contributed by atoms with Crippen LogP contribution in [0.4, 0.5) is 0 Å². The largest absolute Gasteiger partial charge is 0.388 e. The fraction of sp³-hybridized carbons (Fsp3) is 0.613. The molecule has 4 amide bonds. The van der Waals surface area contributed by atoms with Crippen LogP contribution in [-0.2, 0) is 30.3 Å². The number of amides is 4. The number of fused-ring (bicyclic) bond motifs is 3. The number of nitrogens with zero attached hydrogens (tertiary/aromatic N) is 3. The number of nitrogens with one attached hydrogen (secondary N) is 2. The lowest BCUT2D eigenvalue weighted by atomic mass is 9.97. The van der Waals surface area contributed by atoms with Gasteiger partial charge >= 0.3 is 0 Å². The van der Waals surface area contributed by atoms with Gasteiger partial charge in [0.15, 0.2) is 0 Å². The normalized spacial score (nSPS) is 30.3. The van der Waals surface area contributed by atoms with Gasteiger partial charge in [0.05, 0.1) is 18.7 Å². The Morgan fingerprint density at radius 3 is 2.52 bits per heavy atom. The molecule has 0 aromatic heterocycles. The van der Waals surface area contributed by atoms with Gasteiger partial charge in [0.2, 0.25) is 23.6 Å². The summed E-state index contributed by atoms with van der Waals surface area (Å²) in [6.45, 7) is 7.16. The van der Waals surface area contributed by atoms with Gasteiger partial charge < -0.3 is 30.3 Å². The van der Waals surface area contributed by atoms with Crippen molar-refractivity contribution in [1.82, 2.24) is 25.3 Å². The summed E-state index contributed by atoms with van der Waals surface area (Å²) in [6, 6.07) is 6.33. The van der Waals surface area contributed by atoms with Crippen LogP contribution in [0.3, 0.4) is 0 Å². The lowest BCUT2D eigenvalue weighted by Gasteiger charge is -2.38. The highest BCUT2D eigenvalue weighted by atomic mass is 16.5. The fourth-order valence-corrected chi connectivity index (χ4v) is 5.80. The summed E-state index contributed by atoms with van der Waals surface area (Å²) in [5.74, 6) is -1.37. The van der Waals surface area contributed by atoms with Crippen molar-refractivity contribution in [3.8, 4) is 0 Å². The van der Waals surface area contributed by atoms with Crippen LogP contribution >= 0.6 is 0 Å². The number of ether oxygens (including phenoxy) is 1. The summed E-state index contributed by atoms with van der Waals surface area (Å²) in [5.41, 5.74) is 1.95. The third-order valence-corrected chi connectivity index (χ3v) is 8.52. The Morgan fingerprint density at radius 2 is 1.81 bits per heavy atom. The molecule has 0 radical (unpaired) electrons. The molecule has 4 rings (SSSR count). The highest BCUT2D eigenvalue weighted by Crippen LogP contribution is 2.22. The van der Waals surface area contributed by atoms with Crippen LogP contribution in [-0.4, -0.2) is 120 Å². The molecule has 0 spiro atoms. The second-order valence-electron chi connectivity index (χ2n) is 11.9. The van der Waals surface area contributed by atoms with E-state index < -0.39 is 48.2 Å². The highest BCUT2D eigenvalue weighted by Gasteiger charge is 2.41. The third-order valence-electron chi connectivity index (χ3n) is 8.52. The molecule has 3 aliphatic rings. The lowest BCUT2D eigenvalue weighted by Crippen LogP contribution is -2.60. The van der Waals surface area contributed by atoms with E-state index in [1.165, 1.54) is 4.90 Å². The summed E-state index contributed by atoms with van der Waals surface area (Å²) in [6.07, 6.45) is 2.22. The Balaban J connectivity index is 1.66. The van der Waals surface area contributed by atoms with Crippen LogP contribution in [0.5, 0.6) is 0 Å². The first-order chi connectivity index (χ1) is 20.0. The van der Waals surface area contributed by atoms with E-state index in [0.29, 0.717) is 39.0 Å². The predicted molar refractivity (Wildman–Crippen MR) is 157 cm³/mol. The Kier molecular flexibility index (Phi) is 10.7. The molecule has 3 aliphatic heterocycles. The minimum Gasteiger partial charge on any atom is -0.388 e. The van der Waals surface area contributed by atoms with E-state index in [1.807, 2.05) is 55.2 Å². The van der Waals surface area contributed by atoms with Crippen LogP contribution in [0.1, 0.15) is 45.6 Å². The van der Waals surface area contributed by atoms with Crippen LogP contribution in [0.2, 0.25) is 0 Å². The van der Waals surface area contributed by atoms with E-state index in [1.54, 1.807) is 18.9 Å². The maximum absolute atomic E-state index is 13.6. The van der Waals surface area contributed by atoms with Gasteiger partial charge in [-0.05, 0) is 45.6 Å². The van der Waals surface area contributed by atoms with Gasteiger partial charge in [0.25, 0.3) is 0 Å². The lowest BCUT2D eigenvalue weighted by molar-refractivity contribution is -0.147. The van der Waals surface area contributed by atoms with Crippen LogP contribution < -0.4 is 10.6 Å². The molecule has 3 fully saturated rings. The summed E-state index contributed by atoms with van der Waals surface area (Å²) < 4.78 is 5.95. The zero-order valence-corrected chi connectivity index (χ0v) is 25.1. The topological polar surface area (TPSA) is 132 Å². The van der Waals surface area contributed by atoms with E-state index in [0.717, 1.165) is 11.1 Å². The summed E-state index contributed by atoms with van der Waals surface area (Å²) >= 11 is 0. The highest BCUT2D eigenvalue weighted by molar-refractivity contribution is 5.94. The van der Waals surface area contributed by atoms with E-state index in [-0.39, 0.29) is 31.3 Å². The molecule has 42 heavy (non-hydrogen) atoms. The molecular weight excluding hydrogens is 538 g/mol. The van der Waals surface area contributed by atoms with Gasteiger partial charge in [0.1, 0.15) is 24.2 Å². The van der Waals surface area contributed by atoms with Crippen molar-refractivity contribution in [3.63, 3.8) is 0 Å². The first-order valence-electron chi connectivity index (χ1n) is 14.9. The van der Waals surface area contributed by atoms with Crippen molar-refractivity contribution in [2.75, 3.05) is 39.8 Å². The Labute approximate surface area is 248 Å². The van der Waals surface area contributed by atoms with Gasteiger partial charge in [-0.15, -0.1) is 0 Å². The minimum atomic E-state index is -1.01. The minimum absolute atomic E-state index is 0.0517. The molecule has 1 aromatic carbocycles. The number of hydrogen-bond acceptors (Lipinski definition) is 7. The molecular formula is C31H45N5O6. The van der Waals surface area contributed by atoms with Gasteiger partial charge in [-0.3, -0.25) is 24.1 Å². The molecule has 3 heterocycles. The number of aliphatic hydroxyl groups is 1. The molecule has 230 valence electrons. The van der Waals surface area contributed by atoms with Crippen molar-refractivity contribution in [1.29, 1.82) is 0 Å². The maximum Gasteiger partial charge on any atom is 0.245 e. The number of carbonyl (C=O) groups excluding carboxylic acids is 4. The molecule has 11 nitrogen and oxygen atoms in total. The Bertz CT molecular complexity index is 1160. The number of hydrogen-bond donors (Lipinski definition) is 3. The molecule has 2 bridgehead atoms. The van der Waals surface area contributed by atoms with Crippen LogP contribution in [0.25, 0.3) is 0 Å². The third kappa shape index (κ3) is 7.76. The smallest absolute Gasteiger partial charge is 0.245 e. The SMILES string of the molecule is CC(C)=CCN1CC(=O)N2CCC[C@H]2C(=O)N(C)[C@@H](C)C(=O)N[C@@H](Cc2ccccc2)C(=O)N[C@H]2CCO[C@H](C1)[C@H]2O.